The molecule has 84 valence electrons. The van der Waals surface area contributed by atoms with Crippen LogP contribution in [0.2, 0.25) is 0 Å². The van der Waals surface area contributed by atoms with Crippen molar-refractivity contribution >= 4 is 6.29 Å². The van der Waals surface area contributed by atoms with E-state index in [0.717, 1.165) is 6.08 Å². The molecule has 2 nitrogen and oxygen atoms in total. The molecule has 0 bridgehead atoms. The highest BCUT2D eigenvalue weighted by molar-refractivity contribution is 5.78. The molecule has 1 aliphatic carbocycles. The number of halogens is 3. The molecule has 2 rings (SSSR count). The molecule has 0 amide bonds. The summed E-state index contributed by atoms with van der Waals surface area (Å²) in [6.07, 6.45) is 2.04. The van der Waals surface area contributed by atoms with Crippen molar-refractivity contribution in [2.75, 3.05) is 0 Å². The molecule has 0 saturated carbocycles. The molecule has 0 fully saturated rings. The molecule has 0 aromatic carbocycles. The predicted octanol–water partition coefficient (Wildman–Crippen LogP) is 2.66. The Bertz CT molecular complexity index is 439. The third-order valence-corrected chi connectivity index (χ3v) is 2.37. The lowest BCUT2D eigenvalue weighted by atomic mass is 9.86. The van der Waals surface area contributed by atoms with Gasteiger partial charge in [0.15, 0.2) is 0 Å². The van der Waals surface area contributed by atoms with E-state index >= 15 is 0 Å². The van der Waals surface area contributed by atoms with Crippen molar-refractivity contribution in [2.24, 2.45) is 5.92 Å². The average molecular weight is 228 g/mol. The zero-order chi connectivity index (χ0) is 11.8. The molecule has 1 heterocycles. The standard InChI is InChI=1S/C11H7F3O2/c12-11(13,14)10-4-7-1-2-16-6-9(7)3-8(10)5-15/h1-6,10H/t10-/m1/s1. The Balaban J connectivity index is 2.44. The van der Waals surface area contributed by atoms with Crippen LogP contribution < -0.4 is 0 Å². The number of allylic oxidation sites excluding steroid dienone is 6. The van der Waals surface area contributed by atoms with Crippen LogP contribution in [0.4, 0.5) is 13.2 Å². The summed E-state index contributed by atoms with van der Waals surface area (Å²) in [7, 11) is 0. The van der Waals surface area contributed by atoms with Crippen molar-refractivity contribution in [3.8, 4) is 0 Å². The largest absolute Gasteiger partial charge is 0.472 e. The number of fused-ring (bicyclic) bond motifs is 1. The zero-order valence-corrected chi connectivity index (χ0v) is 7.99. The van der Waals surface area contributed by atoms with Crippen LogP contribution in [0.1, 0.15) is 0 Å². The first kappa shape index (κ1) is 10.7. The monoisotopic (exact) mass is 228 g/mol. The van der Waals surface area contributed by atoms with Crippen molar-refractivity contribution in [2.45, 2.75) is 6.18 Å². The van der Waals surface area contributed by atoms with Gasteiger partial charge in [0.2, 0.25) is 0 Å². The molecule has 0 saturated heterocycles. The maximum absolute atomic E-state index is 12.6. The highest BCUT2D eigenvalue weighted by Gasteiger charge is 2.42. The van der Waals surface area contributed by atoms with Gasteiger partial charge in [-0.25, -0.2) is 0 Å². The normalized spacial score (nSPS) is 23.7. The minimum Gasteiger partial charge on any atom is -0.472 e. The topological polar surface area (TPSA) is 26.3 Å². The van der Waals surface area contributed by atoms with Gasteiger partial charge in [0.25, 0.3) is 0 Å². The molecule has 5 heteroatoms. The first-order valence-corrected chi connectivity index (χ1v) is 4.50. The van der Waals surface area contributed by atoms with Crippen LogP contribution in [0.25, 0.3) is 0 Å². The fourth-order valence-electron chi connectivity index (χ4n) is 1.59. The second-order valence-electron chi connectivity index (χ2n) is 3.42. The van der Waals surface area contributed by atoms with E-state index in [9.17, 15) is 18.0 Å². The Kier molecular flexibility index (Phi) is 2.46. The summed E-state index contributed by atoms with van der Waals surface area (Å²) in [6, 6.07) is 0. The summed E-state index contributed by atoms with van der Waals surface area (Å²) < 4.78 is 42.7. The quantitative estimate of drug-likeness (QED) is 0.645. The number of carbonyl (C=O) groups excluding carboxylic acids is 1. The smallest absolute Gasteiger partial charge is 0.399 e. The van der Waals surface area contributed by atoms with Crippen molar-refractivity contribution in [1.82, 2.24) is 0 Å². The maximum Gasteiger partial charge on any atom is 0.399 e. The van der Waals surface area contributed by atoms with Crippen LogP contribution in [0.3, 0.4) is 0 Å². The molecular weight excluding hydrogens is 221 g/mol. The molecule has 2 aliphatic rings. The van der Waals surface area contributed by atoms with Gasteiger partial charge in [-0.15, -0.1) is 0 Å². The number of rotatable bonds is 1. The van der Waals surface area contributed by atoms with E-state index in [1.807, 2.05) is 0 Å². The third-order valence-electron chi connectivity index (χ3n) is 2.37. The van der Waals surface area contributed by atoms with Crippen LogP contribution >= 0.6 is 0 Å². The average Bonchev–Trinajstić information content (AvgIpc) is 2.26. The van der Waals surface area contributed by atoms with Crippen LogP contribution in [0.5, 0.6) is 0 Å². The van der Waals surface area contributed by atoms with E-state index in [2.05, 4.69) is 0 Å². The first-order valence-electron chi connectivity index (χ1n) is 4.50. The van der Waals surface area contributed by atoms with E-state index in [-0.39, 0.29) is 11.9 Å². The van der Waals surface area contributed by atoms with Crippen molar-refractivity contribution in [1.29, 1.82) is 0 Å². The van der Waals surface area contributed by atoms with Gasteiger partial charge in [0, 0.05) is 11.1 Å². The van der Waals surface area contributed by atoms with Gasteiger partial charge in [-0.05, 0) is 17.7 Å². The Morgan fingerprint density at radius 3 is 2.69 bits per heavy atom. The summed E-state index contributed by atoms with van der Waals surface area (Å²) in [4.78, 5) is 10.6. The molecule has 1 aliphatic heterocycles. The minimum atomic E-state index is -4.45. The fraction of sp³-hybridized carbons (Fsp3) is 0.182. The van der Waals surface area contributed by atoms with Crippen LogP contribution in [-0.4, -0.2) is 12.5 Å². The van der Waals surface area contributed by atoms with E-state index in [1.165, 1.54) is 24.7 Å². The van der Waals surface area contributed by atoms with Crippen molar-refractivity contribution in [3.63, 3.8) is 0 Å². The van der Waals surface area contributed by atoms with Crippen LogP contribution in [-0.2, 0) is 9.53 Å². The lowest BCUT2D eigenvalue weighted by Gasteiger charge is -2.23. The number of carbonyl (C=O) groups is 1. The Morgan fingerprint density at radius 2 is 2.06 bits per heavy atom. The number of alkyl halides is 3. The molecule has 0 N–H and O–H groups in total. The highest BCUT2D eigenvalue weighted by Crippen LogP contribution is 2.38. The Morgan fingerprint density at radius 1 is 1.31 bits per heavy atom. The minimum absolute atomic E-state index is 0.227. The van der Waals surface area contributed by atoms with Gasteiger partial charge < -0.3 is 4.74 Å². The van der Waals surface area contributed by atoms with E-state index < -0.39 is 12.1 Å². The summed E-state index contributed by atoms with van der Waals surface area (Å²) in [6.45, 7) is 0. The van der Waals surface area contributed by atoms with E-state index in [0.29, 0.717) is 11.1 Å². The molecule has 16 heavy (non-hydrogen) atoms. The molecule has 0 radical (unpaired) electrons. The molecule has 0 spiro atoms. The molecule has 0 aromatic heterocycles. The van der Waals surface area contributed by atoms with Crippen LogP contribution in [0, 0.1) is 5.92 Å². The van der Waals surface area contributed by atoms with Gasteiger partial charge in [-0.2, -0.15) is 13.2 Å². The van der Waals surface area contributed by atoms with Gasteiger partial charge in [-0.3, -0.25) is 4.79 Å². The number of ether oxygens (including phenoxy) is 1. The summed E-state index contributed by atoms with van der Waals surface area (Å²) >= 11 is 0. The molecule has 1 atom stereocenters. The Labute approximate surface area is 89.4 Å². The van der Waals surface area contributed by atoms with Crippen molar-refractivity contribution in [3.05, 3.63) is 47.5 Å². The second-order valence-corrected chi connectivity index (χ2v) is 3.42. The van der Waals surface area contributed by atoms with Gasteiger partial charge >= 0.3 is 6.18 Å². The number of hydrogen-bond acceptors (Lipinski definition) is 2. The lowest BCUT2D eigenvalue weighted by Crippen LogP contribution is -2.26. The van der Waals surface area contributed by atoms with Gasteiger partial charge in [-0.1, -0.05) is 6.08 Å². The number of hydrogen-bond donors (Lipinski definition) is 0. The first-order chi connectivity index (χ1) is 7.52. The molecule has 0 aromatic rings. The summed E-state index contributed by atoms with van der Waals surface area (Å²) in [5.74, 6) is -1.83. The second kappa shape index (κ2) is 3.66. The van der Waals surface area contributed by atoms with Gasteiger partial charge in [0.05, 0.1) is 12.5 Å². The lowest BCUT2D eigenvalue weighted by molar-refractivity contribution is -0.153. The predicted molar refractivity (Wildman–Crippen MR) is 50.1 cm³/mol. The molecular formula is C11H7F3O2. The summed E-state index contributed by atoms with van der Waals surface area (Å²) in [5, 5.41) is 0. The maximum atomic E-state index is 12.6. The Hall–Kier alpha value is -1.78. The van der Waals surface area contributed by atoms with E-state index in [4.69, 9.17) is 4.74 Å². The SMILES string of the molecule is O=CC1=CC2=COC=CC2=C[C@H]1C(F)(F)F. The summed E-state index contributed by atoms with van der Waals surface area (Å²) in [5.41, 5.74) is 0.589. The van der Waals surface area contributed by atoms with Crippen molar-refractivity contribution < 1.29 is 22.7 Å². The third kappa shape index (κ3) is 1.80. The van der Waals surface area contributed by atoms with Crippen LogP contribution in [0.15, 0.2) is 47.5 Å². The number of aldehydes is 1. The highest BCUT2D eigenvalue weighted by atomic mass is 19.4. The zero-order valence-electron chi connectivity index (χ0n) is 7.99. The fourth-order valence-corrected chi connectivity index (χ4v) is 1.59. The molecule has 0 unspecified atom stereocenters. The van der Waals surface area contributed by atoms with Gasteiger partial charge in [0.1, 0.15) is 12.2 Å². The van der Waals surface area contributed by atoms with E-state index in [1.54, 1.807) is 0 Å².